The van der Waals surface area contributed by atoms with Crippen LogP contribution in [0.3, 0.4) is 0 Å². The summed E-state index contributed by atoms with van der Waals surface area (Å²) in [4.78, 5) is 10.8. The third-order valence-corrected chi connectivity index (χ3v) is 3.03. The number of carbonyl (C=O) groups is 1. The molecule has 74 valence electrons. The Morgan fingerprint density at radius 3 is 2.46 bits per heavy atom. The fourth-order valence-corrected chi connectivity index (χ4v) is 1.91. The van der Waals surface area contributed by atoms with Gasteiger partial charge in [-0.1, -0.05) is 13.0 Å². The normalized spacial score (nSPS) is 33.8. The standard InChI is InChI=1S/C11H19NO/c1-4-11(3)7-5-10(6-8-11)12-9(2)13/h4,10H,1,5-8H2,2-3H3,(H,12,13). The highest BCUT2D eigenvalue weighted by atomic mass is 16.1. The Hall–Kier alpha value is -0.790. The van der Waals surface area contributed by atoms with Crippen molar-refractivity contribution >= 4 is 5.91 Å². The second-order valence-corrected chi connectivity index (χ2v) is 4.33. The van der Waals surface area contributed by atoms with E-state index in [0.29, 0.717) is 11.5 Å². The van der Waals surface area contributed by atoms with Crippen LogP contribution in [0.15, 0.2) is 12.7 Å². The van der Waals surface area contributed by atoms with Crippen LogP contribution in [0.25, 0.3) is 0 Å². The number of allylic oxidation sites excluding steroid dienone is 1. The first-order valence-electron chi connectivity index (χ1n) is 4.96. The van der Waals surface area contributed by atoms with E-state index in [-0.39, 0.29) is 5.91 Å². The fraction of sp³-hybridized carbons (Fsp3) is 0.727. The maximum atomic E-state index is 10.8. The van der Waals surface area contributed by atoms with E-state index in [1.54, 1.807) is 6.92 Å². The Kier molecular flexibility index (Phi) is 3.12. The van der Waals surface area contributed by atoms with Crippen LogP contribution in [-0.2, 0) is 4.79 Å². The molecule has 0 spiro atoms. The van der Waals surface area contributed by atoms with Crippen LogP contribution in [0, 0.1) is 5.41 Å². The Bertz CT molecular complexity index is 202. The van der Waals surface area contributed by atoms with Crippen LogP contribution in [0.2, 0.25) is 0 Å². The van der Waals surface area contributed by atoms with E-state index >= 15 is 0 Å². The number of hydrogen-bond acceptors (Lipinski definition) is 1. The molecule has 0 aromatic carbocycles. The molecule has 2 nitrogen and oxygen atoms in total. The van der Waals surface area contributed by atoms with E-state index in [1.165, 1.54) is 0 Å². The van der Waals surface area contributed by atoms with Crippen molar-refractivity contribution in [1.82, 2.24) is 5.32 Å². The molecule has 0 unspecified atom stereocenters. The molecule has 0 atom stereocenters. The van der Waals surface area contributed by atoms with Gasteiger partial charge in [0.15, 0.2) is 0 Å². The predicted octanol–water partition coefficient (Wildman–Crippen LogP) is 2.26. The first kappa shape index (κ1) is 10.3. The van der Waals surface area contributed by atoms with Crippen LogP contribution >= 0.6 is 0 Å². The SMILES string of the molecule is C=CC1(C)CCC(NC(C)=O)CC1. The fourth-order valence-electron chi connectivity index (χ4n) is 1.91. The zero-order chi connectivity index (χ0) is 9.90. The lowest BCUT2D eigenvalue weighted by atomic mass is 9.74. The summed E-state index contributed by atoms with van der Waals surface area (Å²) < 4.78 is 0. The number of hydrogen-bond donors (Lipinski definition) is 1. The summed E-state index contributed by atoms with van der Waals surface area (Å²) in [6.07, 6.45) is 6.50. The lowest BCUT2D eigenvalue weighted by Crippen LogP contribution is -2.38. The molecule has 1 N–H and O–H groups in total. The predicted molar refractivity (Wildman–Crippen MR) is 54.4 cm³/mol. The third kappa shape index (κ3) is 2.87. The Balaban J connectivity index is 2.38. The van der Waals surface area contributed by atoms with Gasteiger partial charge in [0, 0.05) is 13.0 Å². The van der Waals surface area contributed by atoms with E-state index in [9.17, 15) is 4.79 Å². The minimum Gasteiger partial charge on any atom is -0.354 e. The maximum absolute atomic E-state index is 10.8. The van der Waals surface area contributed by atoms with Crippen LogP contribution < -0.4 is 5.32 Å². The molecule has 13 heavy (non-hydrogen) atoms. The van der Waals surface area contributed by atoms with E-state index in [2.05, 4.69) is 24.9 Å². The zero-order valence-corrected chi connectivity index (χ0v) is 8.60. The van der Waals surface area contributed by atoms with Gasteiger partial charge >= 0.3 is 0 Å². The number of carbonyl (C=O) groups excluding carboxylic acids is 1. The summed E-state index contributed by atoms with van der Waals surface area (Å²) >= 11 is 0. The monoisotopic (exact) mass is 181 g/mol. The van der Waals surface area contributed by atoms with Gasteiger partial charge in [-0.15, -0.1) is 6.58 Å². The number of amides is 1. The molecule has 0 aliphatic heterocycles. The lowest BCUT2D eigenvalue weighted by Gasteiger charge is -2.35. The molecule has 1 aliphatic carbocycles. The summed E-state index contributed by atoms with van der Waals surface area (Å²) in [6, 6.07) is 0.394. The Morgan fingerprint density at radius 2 is 2.08 bits per heavy atom. The smallest absolute Gasteiger partial charge is 0.217 e. The van der Waals surface area contributed by atoms with Crippen LogP contribution in [0.1, 0.15) is 39.5 Å². The van der Waals surface area contributed by atoms with Gasteiger partial charge in [-0.2, -0.15) is 0 Å². The first-order chi connectivity index (χ1) is 6.06. The van der Waals surface area contributed by atoms with Crippen molar-refractivity contribution in [3.8, 4) is 0 Å². The summed E-state index contributed by atoms with van der Waals surface area (Å²) in [5, 5.41) is 2.97. The van der Waals surface area contributed by atoms with E-state index in [1.807, 2.05) is 0 Å². The van der Waals surface area contributed by atoms with Crippen LogP contribution in [0.4, 0.5) is 0 Å². The molecular weight excluding hydrogens is 162 g/mol. The molecule has 1 rings (SSSR count). The molecule has 1 saturated carbocycles. The molecular formula is C11H19NO. The molecule has 2 heteroatoms. The van der Waals surface area contributed by atoms with Crippen LogP contribution in [0.5, 0.6) is 0 Å². The van der Waals surface area contributed by atoms with E-state index in [4.69, 9.17) is 0 Å². The van der Waals surface area contributed by atoms with E-state index < -0.39 is 0 Å². The highest BCUT2D eigenvalue weighted by Crippen LogP contribution is 2.36. The molecule has 1 amide bonds. The number of rotatable bonds is 2. The largest absolute Gasteiger partial charge is 0.354 e. The van der Waals surface area contributed by atoms with Gasteiger partial charge < -0.3 is 5.32 Å². The molecule has 0 radical (unpaired) electrons. The maximum Gasteiger partial charge on any atom is 0.217 e. The van der Waals surface area contributed by atoms with Gasteiger partial charge in [0.2, 0.25) is 5.91 Å². The third-order valence-electron chi connectivity index (χ3n) is 3.03. The topological polar surface area (TPSA) is 29.1 Å². The van der Waals surface area contributed by atoms with Crippen molar-refractivity contribution in [3.63, 3.8) is 0 Å². The molecule has 0 bridgehead atoms. The second-order valence-electron chi connectivity index (χ2n) is 4.33. The highest BCUT2D eigenvalue weighted by molar-refractivity contribution is 5.73. The molecule has 0 aromatic rings. The van der Waals surface area contributed by atoms with Gasteiger partial charge in [-0.05, 0) is 31.1 Å². The van der Waals surface area contributed by atoms with Crippen molar-refractivity contribution in [2.24, 2.45) is 5.41 Å². The quantitative estimate of drug-likeness (QED) is 0.650. The molecule has 0 saturated heterocycles. The Morgan fingerprint density at radius 1 is 1.54 bits per heavy atom. The molecule has 1 fully saturated rings. The first-order valence-corrected chi connectivity index (χ1v) is 4.96. The average molecular weight is 181 g/mol. The van der Waals surface area contributed by atoms with Crippen LogP contribution in [-0.4, -0.2) is 11.9 Å². The summed E-state index contributed by atoms with van der Waals surface area (Å²) in [7, 11) is 0. The second kappa shape index (κ2) is 3.95. The van der Waals surface area contributed by atoms with Gasteiger partial charge in [-0.25, -0.2) is 0 Å². The van der Waals surface area contributed by atoms with Crippen molar-refractivity contribution < 1.29 is 4.79 Å². The van der Waals surface area contributed by atoms with Crippen molar-refractivity contribution in [2.75, 3.05) is 0 Å². The summed E-state index contributed by atoms with van der Waals surface area (Å²) in [6.45, 7) is 7.68. The van der Waals surface area contributed by atoms with Gasteiger partial charge in [0.25, 0.3) is 0 Å². The van der Waals surface area contributed by atoms with Crippen molar-refractivity contribution in [3.05, 3.63) is 12.7 Å². The van der Waals surface area contributed by atoms with Crippen molar-refractivity contribution in [1.29, 1.82) is 0 Å². The molecule has 0 aromatic heterocycles. The minimum absolute atomic E-state index is 0.0900. The molecule has 0 heterocycles. The highest BCUT2D eigenvalue weighted by Gasteiger charge is 2.28. The van der Waals surface area contributed by atoms with Crippen molar-refractivity contribution in [2.45, 2.75) is 45.6 Å². The summed E-state index contributed by atoms with van der Waals surface area (Å²) in [5.74, 6) is 0.0900. The minimum atomic E-state index is 0.0900. The lowest BCUT2D eigenvalue weighted by molar-refractivity contribution is -0.120. The summed E-state index contributed by atoms with van der Waals surface area (Å²) in [5.41, 5.74) is 0.301. The van der Waals surface area contributed by atoms with E-state index in [0.717, 1.165) is 25.7 Å². The van der Waals surface area contributed by atoms with Gasteiger partial charge in [-0.3, -0.25) is 4.79 Å². The Labute approximate surface area is 80.4 Å². The van der Waals surface area contributed by atoms with Gasteiger partial charge in [0.05, 0.1) is 0 Å². The average Bonchev–Trinajstić information content (AvgIpc) is 2.09. The molecule has 1 aliphatic rings. The van der Waals surface area contributed by atoms with Gasteiger partial charge in [0.1, 0.15) is 0 Å². The zero-order valence-electron chi connectivity index (χ0n) is 8.60. The number of nitrogens with one attached hydrogen (secondary N) is 1.